The van der Waals surface area contributed by atoms with Gasteiger partial charge >= 0.3 is 5.97 Å². The molecule has 6 heteroatoms. The maximum atomic E-state index is 13.6. The third-order valence-electron chi connectivity index (χ3n) is 3.00. The lowest BCUT2D eigenvalue weighted by atomic mass is 10.1. The minimum Gasteiger partial charge on any atom is -0.478 e. The van der Waals surface area contributed by atoms with Crippen molar-refractivity contribution in [2.24, 2.45) is 0 Å². The van der Waals surface area contributed by atoms with E-state index in [1.54, 1.807) is 41.8 Å². The summed E-state index contributed by atoms with van der Waals surface area (Å²) in [5.41, 5.74) is 1.27. The number of hydrogen-bond donors (Lipinski definition) is 2. The van der Waals surface area contributed by atoms with Crippen molar-refractivity contribution in [1.29, 1.82) is 0 Å². The van der Waals surface area contributed by atoms with E-state index in [0.29, 0.717) is 22.1 Å². The monoisotopic (exact) mass is 314 g/mol. The highest BCUT2D eigenvalue weighted by atomic mass is 32.1. The van der Waals surface area contributed by atoms with E-state index in [1.165, 1.54) is 23.5 Å². The Kier molecular flexibility index (Phi) is 3.84. The molecule has 22 heavy (non-hydrogen) atoms. The first-order valence-electron chi connectivity index (χ1n) is 6.44. The predicted octanol–water partition coefficient (Wildman–Crippen LogP) is 4.39. The fourth-order valence-electron chi connectivity index (χ4n) is 1.95. The molecule has 0 spiro atoms. The number of aromatic carboxylic acids is 1. The molecule has 0 aliphatic carbocycles. The second-order valence-corrected chi connectivity index (χ2v) is 5.39. The van der Waals surface area contributed by atoms with Crippen molar-refractivity contribution in [2.45, 2.75) is 0 Å². The summed E-state index contributed by atoms with van der Waals surface area (Å²) in [7, 11) is 0. The molecule has 0 aliphatic rings. The fourth-order valence-corrected chi connectivity index (χ4v) is 2.70. The second-order valence-electron chi connectivity index (χ2n) is 4.53. The van der Waals surface area contributed by atoms with Gasteiger partial charge in [0.1, 0.15) is 16.6 Å². The molecule has 0 radical (unpaired) electrons. The maximum absolute atomic E-state index is 13.6. The maximum Gasteiger partial charge on any atom is 0.335 e. The van der Waals surface area contributed by atoms with Gasteiger partial charge in [-0.2, -0.15) is 0 Å². The van der Waals surface area contributed by atoms with Gasteiger partial charge in [0.15, 0.2) is 0 Å². The van der Waals surface area contributed by atoms with Gasteiger partial charge in [0, 0.05) is 10.9 Å². The van der Waals surface area contributed by atoms with Crippen LogP contribution in [-0.2, 0) is 0 Å². The van der Waals surface area contributed by atoms with Crippen LogP contribution in [-0.4, -0.2) is 16.1 Å². The SMILES string of the molecule is O=C(O)c1cccc(-c2nc(Nc3ccccc3F)cs2)c1. The molecule has 0 fully saturated rings. The van der Waals surface area contributed by atoms with E-state index < -0.39 is 5.97 Å². The van der Waals surface area contributed by atoms with Gasteiger partial charge in [-0.1, -0.05) is 24.3 Å². The Morgan fingerprint density at radius 3 is 2.77 bits per heavy atom. The van der Waals surface area contributed by atoms with Crippen molar-refractivity contribution in [3.63, 3.8) is 0 Å². The van der Waals surface area contributed by atoms with Crippen molar-refractivity contribution in [2.75, 3.05) is 5.32 Å². The van der Waals surface area contributed by atoms with E-state index in [1.807, 2.05) is 0 Å². The summed E-state index contributed by atoms with van der Waals surface area (Å²) in [5, 5.41) is 14.4. The molecule has 0 amide bonds. The molecular formula is C16H11FN2O2S. The number of carboxylic acid groups (broad SMARTS) is 1. The average molecular weight is 314 g/mol. The molecule has 2 aromatic carbocycles. The van der Waals surface area contributed by atoms with Gasteiger partial charge in [0.05, 0.1) is 11.3 Å². The summed E-state index contributed by atoms with van der Waals surface area (Å²) in [6, 6.07) is 12.9. The van der Waals surface area contributed by atoms with Crippen LogP contribution in [0, 0.1) is 5.82 Å². The number of nitrogens with one attached hydrogen (secondary N) is 1. The Balaban J connectivity index is 1.86. The summed E-state index contributed by atoms with van der Waals surface area (Å²) in [6.45, 7) is 0. The molecule has 110 valence electrons. The molecule has 4 nitrogen and oxygen atoms in total. The molecule has 0 saturated heterocycles. The number of benzene rings is 2. The van der Waals surface area contributed by atoms with Crippen LogP contribution < -0.4 is 5.32 Å². The molecule has 3 aromatic rings. The van der Waals surface area contributed by atoms with Gasteiger partial charge in [-0.15, -0.1) is 11.3 Å². The van der Waals surface area contributed by atoms with Gasteiger partial charge in [0.25, 0.3) is 0 Å². The minimum atomic E-state index is -0.983. The van der Waals surface area contributed by atoms with Crippen LogP contribution in [0.2, 0.25) is 0 Å². The molecule has 1 aromatic heterocycles. The number of hydrogen-bond acceptors (Lipinski definition) is 4. The lowest BCUT2D eigenvalue weighted by molar-refractivity contribution is 0.0697. The number of carboxylic acids is 1. The van der Waals surface area contributed by atoms with Crippen LogP contribution in [0.3, 0.4) is 0 Å². The number of anilines is 2. The summed E-state index contributed by atoms with van der Waals surface area (Å²) >= 11 is 1.36. The van der Waals surface area contributed by atoms with Crippen molar-refractivity contribution in [3.05, 3.63) is 65.3 Å². The molecule has 3 rings (SSSR count). The van der Waals surface area contributed by atoms with E-state index >= 15 is 0 Å². The van der Waals surface area contributed by atoms with Crippen LogP contribution in [0.25, 0.3) is 10.6 Å². The highest BCUT2D eigenvalue weighted by molar-refractivity contribution is 7.13. The molecule has 0 atom stereocenters. The molecule has 0 aliphatic heterocycles. The zero-order chi connectivity index (χ0) is 15.5. The summed E-state index contributed by atoms with van der Waals surface area (Å²) < 4.78 is 13.6. The smallest absolute Gasteiger partial charge is 0.335 e. The Morgan fingerprint density at radius 2 is 2.00 bits per heavy atom. The summed E-state index contributed by atoms with van der Waals surface area (Å²) in [4.78, 5) is 15.4. The third-order valence-corrected chi connectivity index (χ3v) is 3.89. The minimum absolute atomic E-state index is 0.205. The number of para-hydroxylation sites is 1. The van der Waals surface area contributed by atoms with Crippen molar-refractivity contribution < 1.29 is 14.3 Å². The molecule has 0 bridgehead atoms. The first-order valence-corrected chi connectivity index (χ1v) is 7.32. The van der Waals surface area contributed by atoms with Crippen molar-refractivity contribution in [1.82, 2.24) is 4.98 Å². The normalized spacial score (nSPS) is 10.4. The number of thiazole rings is 1. The first-order chi connectivity index (χ1) is 10.6. The Morgan fingerprint density at radius 1 is 1.18 bits per heavy atom. The Hall–Kier alpha value is -2.73. The zero-order valence-electron chi connectivity index (χ0n) is 11.3. The quantitative estimate of drug-likeness (QED) is 0.749. The highest BCUT2D eigenvalue weighted by Crippen LogP contribution is 2.28. The molecule has 2 N–H and O–H groups in total. The summed E-state index contributed by atoms with van der Waals surface area (Å²) in [5.74, 6) is -0.820. The van der Waals surface area contributed by atoms with Gasteiger partial charge in [-0.25, -0.2) is 14.2 Å². The van der Waals surface area contributed by atoms with Crippen LogP contribution in [0.15, 0.2) is 53.9 Å². The number of carbonyl (C=O) groups is 1. The van der Waals surface area contributed by atoms with Gasteiger partial charge in [0.2, 0.25) is 0 Å². The van der Waals surface area contributed by atoms with E-state index in [0.717, 1.165) is 0 Å². The van der Waals surface area contributed by atoms with Gasteiger partial charge in [-0.05, 0) is 24.3 Å². The fraction of sp³-hybridized carbons (Fsp3) is 0. The van der Waals surface area contributed by atoms with E-state index in [4.69, 9.17) is 5.11 Å². The lowest BCUT2D eigenvalue weighted by Crippen LogP contribution is -1.96. The van der Waals surface area contributed by atoms with Crippen LogP contribution in [0.4, 0.5) is 15.9 Å². The third kappa shape index (κ3) is 2.96. The molecule has 0 unspecified atom stereocenters. The standard InChI is InChI=1S/C16H11FN2O2S/c17-12-6-1-2-7-13(12)18-14-9-22-15(19-14)10-4-3-5-11(8-10)16(20)21/h1-9,18H,(H,20,21). The first kappa shape index (κ1) is 14.2. The Labute approximate surface area is 129 Å². The zero-order valence-corrected chi connectivity index (χ0v) is 12.1. The van der Waals surface area contributed by atoms with Gasteiger partial charge in [-0.3, -0.25) is 0 Å². The van der Waals surface area contributed by atoms with Crippen LogP contribution >= 0.6 is 11.3 Å². The molecule has 1 heterocycles. The van der Waals surface area contributed by atoms with E-state index in [-0.39, 0.29) is 11.4 Å². The topological polar surface area (TPSA) is 62.2 Å². The summed E-state index contributed by atoms with van der Waals surface area (Å²) in [6.07, 6.45) is 0. The molecular weight excluding hydrogens is 303 g/mol. The largest absolute Gasteiger partial charge is 0.478 e. The van der Waals surface area contributed by atoms with Gasteiger partial charge < -0.3 is 10.4 Å². The molecule has 0 saturated carbocycles. The van der Waals surface area contributed by atoms with E-state index in [9.17, 15) is 9.18 Å². The predicted molar refractivity (Wildman–Crippen MR) is 84.2 cm³/mol. The Bertz CT molecular complexity index is 832. The highest BCUT2D eigenvalue weighted by Gasteiger charge is 2.09. The van der Waals surface area contributed by atoms with Crippen molar-refractivity contribution >= 4 is 28.8 Å². The number of rotatable bonds is 4. The average Bonchev–Trinajstić information content (AvgIpc) is 2.98. The number of aromatic nitrogens is 1. The van der Waals surface area contributed by atoms with Crippen molar-refractivity contribution in [3.8, 4) is 10.6 Å². The number of halogens is 1. The lowest BCUT2D eigenvalue weighted by Gasteiger charge is -2.03. The van der Waals surface area contributed by atoms with E-state index in [2.05, 4.69) is 10.3 Å². The number of nitrogens with zero attached hydrogens (tertiary/aromatic N) is 1. The van der Waals surface area contributed by atoms with Crippen LogP contribution in [0.5, 0.6) is 0 Å². The second kappa shape index (κ2) is 5.95. The van der Waals surface area contributed by atoms with Crippen LogP contribution in [0.1, 0.15) is 10.4 Å².